The Kier molecular flexibility index (Phi) is 2.67. The molecule has 94 valence electrons. The molecule has 0 bridgehead atoms. The Morgan fingerprint density at radius 2 is 2.06 bits per heavy atom. The predicted octanol–water partition coefficient (Wildman–Crippen LogP) is 2.46. The molecule has 1 aliphatic rings. The Bertz CT molecular complexity index is 514. The number of ether oxygens (including phenoxy) is 1. The topological polar surface area (TPSA) is 39.9 Å². The maximum absolute atomic E-state index is 5.94. The molecule has 0 N–H and O–H groups in total. The van der Waals surface area contributed by atoms with Gasteiger partial charge in [0.2, 0.25) is 0 Å². The first-order valence-corrected chi connectivity index (χ1v) is 6.27. The molecule has 1 aromatic heterocycles. The summed E-state index contributed by atoms with van der Waals surface area (Å²) in [5.41, 5.74) is 2.24. The van der Waals surface area contributed by atoms with Gasteiger partial charge in [-0.25, -0.2) is 9.67 Å². The Morgan fingerprint density at radius 3 is 2.56 bits per heavy atom. The molecule has 1 saturated heterocycles. The molecular formula is C14H17N3O. The quantitative estimate of drug-likeness (QED) is 0.831. The smallest absolute Gasteiger partial charge is 0.137 e. The van der Waals surface area contributed by atoms with Crippen molar-refractivity contribution < 1.29 is 4.74 Å². The normalized spacial score (nSPS) is 24.6. The van der Waals surface area contributed by atoms with Crippen LogP contribution in [0.4, 0.5) is 0 Å². The minimum atomic E-state index is -0.249. The molecule has 0 saturated carbocycles. The van der Waals surface area contributed by atoms with E-state index >= 15 is 0 Å². The van der Waals surface area contributed by atoms with Crippen LogP contribution in [0.15, 0.2) is 36.9 Å². The molecule has 4 nitrogen and oxygen atoms in total. The van der Waals surface area contributed by atoms with Crippen LogP contribution < -0.4 is 0 Å². The molecule has 1 aromatic carbocycles. The van der Waals surface area contributed by atoms with Gasteiger partial charge < -0.3 is 4.74 Å². The summed E-state index contributed by atoms with van der Waals surface area (Å²) in [5.74, 6) is 0. The Labute approximate surface area is 107 Å². The van der Waals surface area contributed by atoms with Gasteiger partial charge in [0.05, 0.1) is 12.6 Å². The Morgan fingerprint density at radius 1 is 1.33 bits per heavy atom. The van der Waals surface area contributed by atoms with E-state index in [0.29, 0.717) is 0 Å². The third-order valence-electron chi connectivity index (χ3n) is 3.88. The van der Waals surface area contributed by atoms with E-state index < -0.39 is 0 Å². The van der Waals surface area contributed by atoms with Crippen LogP contribution in [-0.2, 0) is 10.3 Å². The van der Waals surface area contributed by atoms with E-state index in [9.17, 15) is 0 Å². The third-order valence-corrected chi connectivity index (χ3v) is 3.88. The van der Waals surface area contributed by atoms with Gasteiger partial charge in [0.1, 0.15) is 18.3 Å². The first kappa shape index (κ1) is 11.4. The lowest BCUT2D eigenvalue weighted by Gasteiger charge is -2.46. The number of rotatable bonds is 3. The minimum Gasteiger partial charge on any atom is -0.368 e. The van der Waals surface area contributed by atoms with Gasteiger partial charge in [0.15, 0.2) is 0 Å². The van der Waals surface area contributed by atoms with Gasteiger partial charge in [0.25, 0.3) is 0 Å². The first-order valence-electron chi connectivity index (χ1n) is 6.27. The molecule has 0 spiro atoms. The molecular weight excluding hydrogens is 226 g/mol. The molecule has 4 heteroatoms. The van der Waals surface area contributed by atoms with Crippen molar-refractivity contribution in [1.29, 1.82) is 0 Å². The fourth-order valence-electron chi connectivity index (χ4n) is 2.59. The zero-order valence-corrected chi connectivity index (χ0v) is 10.7. The van der Waals surface area contributed by atoms with Crippen molar-refractivity contribution in [3.8, 4) is 0 Å². The number of aryl methyl sites for hydroxylation is 1. The van der Waals surface area contributed by atoms with Crippen molar-refractivity contribution in [2.75, 3.05) is 6.61 Å². The molecule has 0 aliphatic carbocycles. The van der Waals surface area contributed by atoms with Crippen molar-refractivity contribution in [1.82, 2.24) is 14.8 Å². The van der Waals surface area contributed by atoms with Gasteiger partial charge in [0, 0.05) is 6.42 Å². The van der Waals surface area contributed by atoms with Gasteiger partial charge in [-0.05, 0) is 19.4 Å². The van der Waals surface area contributed by atoms with Crippen LogP contribution in [0.5, 0.6) is 0 Å². The second-order valence-electron chi connectivity index (χ2n) is 4.91. The van der Waals surface area contributed by atoms with E-state index in [1.54, 1.807) is 12.7 Å². The molecule has 3 rings (SSSR count). The monoisotopic (exact) mass is 243 g/mol. The average molecular weight is 243 g/mol. The van der Waals surface area contributed by atoms with E-state index in [1.165, 1.54) is 11.1 Å². The van der Waals surface area contributed by atoms with Crippen molar-refractivity contribution in [2.24, 2.45) is 0 Å². The molecule has 18 heavy (non-hydrogen) atoms. The highest BCUT2D eigenvalue weighted by molar-refractivity contribution is 5.29. The highest BCUT2D eigenvalue weighted by atomic mass is 16.5. The summed E-state index contributed by atoms with van der Waals surface area (Å²) in [6.45, 7) is 5.04. The van der Waals surface area contributed by atoms with Crippen LogP contribution in [-0.4, -0.2) is 21.4 Å². The van der Waals surface area contributed by atoms with E-state index in [4.69, 9.17) is 4.74 Å². The lowest BCUT2D eigenvalue weighted by Crippen LogP contribution is -2.47. The Hall–Kier alpha value is -1.68. The van der Waals surface area contributed by atoms with Crippen LogP contribution in [0.3, 0.4) is 0 Å². The second-order valence-corrected chi connectivity index (χ2v) is 4.91. The maximum atomic E-state index is 5.94. The summed E-state index contributed by atoms with van der Waals surface area (Å²) >= 11 is 0. The minimum absolute atomic E-state index is 0.149. The standard InChI is InChI=1S/C14H17N3O/c1-11-3-5-13(6-4-11)14(7-8-18-14)12(2)17-10-15-9-16-17/h3-6,9-10,12H,7-8H2,1-2H3. The molecule has 2 atom stereocenters. The SMILES string of the molecule is Cc1ccc(C2(C(C)n3cncn3)CCO2)cc1. The number of hydrogen-bond donors (Lipinski definition) is 0. The number of aromatic nitrogens is 3. The van der Waals surface area contributed by atoms with E-state index in [0.717, 1.165) is 13.0 Å². The third kappa shape index (κ3) is 1.64. The predicted molar refractivity (Wildman–Crippen MR) is 68.2 cm³/mol. The van der Waals surface area contributed by atoms with Crippen LogP contribution in [0.1, 0.15) is 30.5 Å². The number of benzene rings is 1. The lowest BCUT2D eigenvalue weighted by molar-refractivity contribution is -0.182. The van der Waals surface area contributed by atoms with E-state index in [2.05, 4.69) is 48.2 Å². The van der Waals surface area contributed by atoms with E-state index in [1.807, 2.05) is 4.68 Å². The zero-order valence-electron chi connectivity index (χ0n) is 10.7. The van der Waals surface area contributed by atoms with Gasteiger partial charge in [-0.15, -0.1) is 0 Å². The fraction of sp³-hybridized carbons (Fsp3) is 0.429. The molecule has 0 radical (unpaired) electrons. The van der Waals surface area contributed by atoms with Crippen molar-refractivity contribution in [2.45, 2.75) is 31.9 Å². The van der Waals surface area contributed by atoms with Gasteiger partial charge in [-0.1, -0.05) is 29.8 Å². The summed E-state index contributed by atoms with van der Waals surface area (Å²) in [5, 5.41) is 4.23. The highest BCUT2D eigenvalue weighted by Gasteiger charge is 2.46. The zero-order chi connectivity index (χ0) is 12.6. The van der Waals surface area contributed by atoms with Crippen molar-refractivity contribution in [3.63, 3.8) is 0 Å². The number of nitrogens with zero attached hydrogens (tertiary/aromatic N) is 3. The summed E-state index contributed by atoms with van der Waals surface area (Å²) in [6.07, 6.45) is 4.34. The molecule has 0 amide bonds. The van der Waals surface area contributed by atoms with Crippen LogP contribution in [0, 0.1) is 6.92 Å². The number of hydrogen-bond acceptors (Lipinski definition) is 3. The van der Waals surface area contributed by atoms with Crippen LogP contribution in [0.25, 0.3) is 0 Å². The van der Waals surface area contributed by atoms with E-state index in [-0.39, 0.29) is 11.6 Å². The van der Waals surface area contributed by atoms with Crippen LogP contribution >= 0.6 is 0 Å². The molecule has 2 heterocycles. The summed E-state index contributed by atoms with van der Waals surface area (Å²) in [4.78, 5) is 4.02. The maximum Gasteiger partial charge on any atom is 0.137 e. The second kappa shape index (κ2) is 4.21. The van der Waals surface area contributed by atoms with Gasteiger partial charge >= 0.3 is 0 Å². The van der Waals surface area contributed by atoms with Crippen molar-refractivity contribution in [3.05, 3.63) is 48.0 Å². The summed E-state index contributed by atoms with van der Waals surface area (Å²) in [7, 11) is 0. The molecule has 2 aromatic rings. The summed E-state index contributed by atoms with van der Waals surface area (Å²) < 4.78 is 7.82. The largest absolute Gasteiger partial charge is 0.368 e. The summed E-state index contributed by atoms with van der Waals surface area (Å²) in [6, 6.07) is 8.72. The molecule has 2 unspecified atom stereocenters. The fourth-order valence-corrected chi connectivity index (χ4v) is 2.59. The average Bonchev–Trinajstić information content (AvgIpc) is 2.83. The van der Waals surface area contributed by atoms with Crippen molar-refractivity contribution >= 4 is 0 Å². The Balaban J connectivity index is 1.97. The molecule has 1 fully saturated rings. The lowest BCUT2D eigenvalue weighted by atomic mass is 9.80. The van der Waals surface area contributed by atoms with Gasteiger partial charge in [-0.2, -0.15) is 5.10 Å². The highest BCUT2D eigenvalue weighted by Crippen LogP contribution is 2.45. The first-order chi connectivity index (χ1) is 8.72. The van der Waals surface area contributed by atoms with Crippen LogP contribution in [0.2, 0.25) is 0 Å². The van der Waals surface area contributed by atoms with Gasteiger partial charge in [-0.3, -0.25) is 0 Å². The molecule has 1 aliphatic heterocycles.